The highest BCUT2D eigenvalue weighted by Crippen LogP contribution is 2.33. The molecule has 0 saturated carbocycles. The minimum atomic E-state index is 0.125. The normalized spacial score (nSPS) is 12.3. The second-order valence-electron chi connectivity index (χ2n) is 6.64. The zero-order valence-corrected chi connectivity index (χ0v) is 16.0. The van der Waals surface area contributed by atoms with E-state index in [1.54, 1.807) is 29.9 Å². The second kappa shape index (κ2) is 6.98. The molecule has 1 N–H and O–H groups in total. The van der Waals surface area contributed by atoms with Crippen molar-refractivity contribution in [2.24, 2.45) is 0 Å². The van der Waals surface area contributed by atoms with Gasteiger partial charge in [-0.1, -0.05) is 12.1 Å². The van der Waals surface area contributed by atoms with E-state index in [1.807, 2.05) is 23.8 Å². The summed E-state index contributed by atoms with van der Waals surface area (Å²) in [5, 5.41) is 3.58. The number of fused-ring (bicyclic) bond motifs is 2. The zero-order chi connectivity index (χ0) is 18.9. The van der Waals surface area contributed by atoms with Gasteiger partial charge in [0.05, 0.1) is 32.8 Å². The molecule has 0 amide bonds. The molecule has 0 fully saturated rings. The fourth-order valence-corrected chi connectivity index (χ4v) is 4.08. The highest BCUT2D eigenvalue weighted by atomic mass is 32.1. The molecule has 0 bridgehead atoms. The monoisotopic (exact) mass is 383 g/mol. The first-order valence-corrected chi connectivity index (χ1v) is 9.91. The van der Waals surface area contributed by atoms with E-state index in [2.05, 4.69) is 62.5 Å². The van der Waals surface area contributed by atoms with Gasteiger partial charge < -0.3 is 5.32 Å². The summed E-state index contributed by atoms with van der Waals surface area (Å²) in [6.07, 6.45) is 7.14. The van der Waals surface area contributed by atoms with E-state index < -0.39 is 0 Å². The predicted molar refractivity (Wildman–Crippen MR) is 114 cm³/mol. The molecule has 5 nitrogen and oxygen atoms in total. The van der Waals surface area contributed by atoms with E-state index >= 15 is 0 Å². The lowest BCUT2D eigenvalue weighted by Crippen LogP contribution is -2.07. The Labute approximate surface area is 166 Å². The van der Waals surface area contributed by atoms with Crippen molar-refractivity contribution in [3.05, 3.63) is 78.3 Å². The molecule has 136 valence electrons. The lowest BCUT2D eigenvalue weighted by Gasteiger charge is -2.17. The van der Waals surface area contributed by atoms with Crippen molar-refractivity contribution < 1.29 is 0 Å². The Morgan fingerprint density at radius 2 is 1.86 bits per heavy atom. The summed E-state index contributed by atoms with van der Waals surface area (Å²) in [5.41, 5.74) is 8.96. The quantitative estimate of drug-likeness (QED) is 0.445. The first kappa shape index (κ1) is 16.8. The summed E-state index contributed by atoms with van der Waals surface area (Å²) in [5.74, 6) is 0. The molecule has 3 heterocycles. The molecule has 5 rings (SSSR count). The number of rotatable bonds is 4. The molecule has 0 spiro atoms. The molecule has 5 aromatic rings. The molecule has 6 heteroatoms. The number of thiazole rings is 1. The number of nitrogens with one attached hydrogen (secondary N) is 1. The average molecular weight is 383 g/mol. The van der Waals surface area contributed by atoms with Crippen LogP contribution < -0.4 is 5.32 Å². The number of anilines is 1. The van der Waals surface area contributed by atoms with Crippen LogP contribution in [-0.4, -0.2) is 19.9 Å². The molecule has 0 aliphatic rings. The van der Waals surface area contributed by atoms with E-state index in [0.29, 0.717) is 0 Å². The smallest absolute Gasteiger partial charge is 0.0966 e. The van der Waals surface area contributed by atoms with Crippen LogP contribution in [0.25, 0.3) is 32.4 Å². The van der Waals surface area contributed by atoms with Gasteiger partial charge in [-0.2, -0.15) is 0 Å². The van der Waals surface area contributed by atoms with Crippen molar-refractivity contribution in [1.82, 2.24) is 19.9 Å². The molecular formula is C22H17N5S. The zero-order valence-electron chi connectivity index (χ0n) is 15.2. The SMILES string of the molecule is CC(Nc1cc(-c2ccc3ncsc3c2)c2nccnc2c1)c1cccnc1. The lowest BCUT2D eigenvalue weighted by atomic mass is 10.0. The summed E-state index contributed by atoms with van der Waals surface area (Å²) in [4.78, 5) is 17.7. The van der Waals surface area contributed by atoms with Gasteiger partial charge in [-0.05, 0) is 48.4 Å². The van der Waals surface area contributed by atoms with Gasteiger partial charge in [0.2, 0.25) is 0 Å². The highest BCUT2D eigenvalue weighted by Gasteiger charge is 2.12. The molecule has 2 aromatic carbocycles. The number of hydrogen-bond donors (Lipinski definition) is 1. The molecule has 0 radical (unpaired) electrons. The van der Waals surface area contributed by atoms with Gasteiger partial charge >= 0.3 is 0 Å². The first-order chi connectivity index (χ1) is 13.8. The molecule has 0 saturated heterocycles. The van der Waals surface area contributed by atoms with E-state index in [0.717, 1.165) is 43.6 Å². The number of hydrogen-bond acceptors (Lipinski definition) is 6. The Morgan fingerprint density at radius 3 is 2.75 bits per heavy atom. The van der Waals surface area contributed by atoms with Crippen molar-refractivity contribution in [2.75, 3.05) is 5.32 Å². The fraction of sp³-hybridized carbons (Fsp3) is 0.0909. The minimum absolute atomic E-state index is 0.125. The van der Waals surface area contributed by atoms with Crippen LogP contribution in [0.4, 0.5) is 5.69 Å². The summed E-state index contributed by atoms with van der Waals surface area (Å²) >= 11 is 1.64. The van der Waals surface area contributed by atoms with Crippen LogP contribution in [0.1, 0.15) is 18.5 Å². The van der Waals surface area contributed by atoms with Crippen LogP contribution in [0.15, 0.2) is 72.8 Å². The number of nitrogens with zero attached hydrogens (tertiary/aromatic N) is 4. The van der Waals surface area contributed by atoms with Gasteiger partial charge in [-0.25, -0.2) is 4.98 Å². The Bertz CT molecular complexity index is 1270. The highest BCUT2D eigenvalue weighted by molar-refractivity contribution is 7.16. The summed E-state index contributed by atoms with van der Waals surface area (Å²) in [6.45, 7) is 2.13. The van der Waals surface area contributed by atoms with Gasteiger partial charge in [0.15, 0.2) is 0 Å². The topological polar surface area (TPSA) is 63.6 Å². The van der Waals surface area contributed by atoms with Crippen molar-refractivity contribution in [2.45, 2.75) is 13.0 Å². The average Bonchev–Trinajstić information content (AvgIpc) is 3.21. The second-order valence-corrected chi connectivity index (χ2v) is 7.52. The summed E-state index contributed by atoms with van der Waals surface area (Å²) in [7, 11) is 0. The van der Waals surface area contributed by atoms with Crippen LogP contribution >= 0.6 is 11.3 Å². The third kappa shape index (κ3) is 3.08. The third-order valence-corrected chi connectivity index (χ3v) is 5.58. The Balaban J connectivity index is 1.61. The van der Waals surface area contributed by atoms with Crippen LogP contribution in [0, 0.1) is 0 Å². The van der Waals surface area contributed by atoms with Crippen LogP contribution in [0.2, 0.25) is 0 Å². The molecule has 1 atom stereocenters. The maximum absolute atomic E-state index is 4.59. The number of pyridine rings is 1. The molecule has 3 aromatic heterocycles. The van der Waals surface area contributed by atoms with Crippen LogP contribution in [0.3, 0.4) is 0 Å². The molecule has 28 heavy (non-hydrogen) atoms. The van der Waals surface area contributed by atoms with Gasteiger partial charge in [-0.3, -0.25) is 15.0 Å². The van der Waals surface area contributed by atoms with Gasteiger partial charge in [-0.15, -0.1) is 11.3 Å². The van der Waals surface area contributed by atoms with Crippen molar-refractivity contribution in [3.63, 3.8) is 0 Å². The van der Waals surface area contributed by atoms with Gasteiger partial charge in [0.1, 0.15) is 0 Å². The summed E-state index contributed by atoms with van der Waals surface area (Å²) < 4.78 is 1.16. The molecular weight excluding hydrogens is 366 g/mol. The lowest BCUT2D eigenvalue weighted by molar-refractivity contribution is 0.876. The fourth-order valence-electron chi connectivity index (χ4n) is 3.37. The maximum atomic E-state index is 4.59. The van der Waals surface area contributed by atoms with Gasteiger partial charge in [0, 0.05) is 36.0 Å². The maximum Gasteiger partial charge on any atom is 0.0966 e. The van der Waals surface area contributed by atoms with E-state index in [1.165, 1.54) is 0 Å². The molecule has 1 unspecified atom stereocenters. The van der Waals surface area contributed by atoms with Crippen molar-refractivity contribution in [3.8, 4) is 11.1 Å². The molecule has 0 aliphatic carbocycles. The van der Waals surface area contributed by atoms with Crippen LogP contribution in [-0.2, 0) is 0 Å². The van der Waals surface area contributed by atoms with E-state index in [-0.39, 0.29) is 6.04 Å². The third-order valence-electron chi connectivity index (χ3n) is 4.78. The predicted octanol–water partition coefficient (Wildman–Crippen LogP) is 5.47. The van der Waals surface area contributed by atoms with Crippen molar-refractivity contribution >= 4 is 38.3 Å². The Kier molecular flexibility index (Phi) is 4.18. The Hall–Kier alpha value is -3.38. The largest absolute Gasteiger partial charge is 0.378 e. The Morgan fingerprint density at radius 1 is 0.929 bits per heavy atom. The summed E-state index contributed by atoms with van der Waals surface area (Å²) in [6, 6.07) is 14.7. The number of aromatic nitrogens is 4. The van der Waals surface area contributed by atoms with Crippen molar-refractivity contribution in [1.29, 1.82) is 0 Å². The van der Waals surface area contributed by atoms with Crippen LogP contribution in [0.5, 0.6) is 0 Å². The molecule has 0 aliphatic heterocycles. The standard InChI is InChI=1S/C22H17N5S/c1-14(16-3-2-6-23-12-16)27-17-10-18(22-20(11-17)24-7-8-25-22)15-4-5-19-21(9-15)28-13-26-19/h2-14,27H,1H3. The van der Waals surface area contributed by atoms with E-state index in [4.69, 9.17) is 0 Å². The number of benzene rings is 2. The van der Waals surface area contributed by atoms with E-state index in [9.17, 15) is 0 Å². The first-order valence-electron chi connectivity index (χ1n) is 9.03. The minimum Gasteiger partial charge on any atom is -0.378 e. The van der Waals surface area contributed by atoms with Gasteiger partial charge in [0.25, 0.3) is 0 Å².